The Morgan fingerprint density at radius 1 is 1.24 bits per heavy atom. The maximum atomic E-state index is 13.7. The summed E-state index contributed by atoms with van der Waals surface area (Å²) in [4.78, 5) is 23.1. The summed E-state index contributed by atoms with van der Waals surface area (Å²) in [6, 6.07) is 6.99. The maximum Gasteiger partial charge on any atom is 0.265 e. The third-order valence-electron chi connectivity index (χ3n) is 4.62. The molecule has 1 atom stereocenters. The van der Waals surface area contributed by atoms with Crippen LogP contribution in [-0.2, 0) is 6.54 Å². The van der Waals surface area contributed by atoms with Gasteiger partial charge in [0.15, 0.2) is 11.6 Å². The van der Waals surface area contributed by atoms with E-state index in [-0.39, 0.29) is 5.56 Å². The lowest BCUT2D eigenvalue weighted by atomic mass is 10.1. The van der Waals surface area contributed by atoms with Crippen LogP contribution in [0, 0.1) is 11.6 Å². The van der Waals surface area contributed by atoms with Crippen LogP contribution in [0.5, 0.6) is 0 Å². The van der Waals surface area contributed by atoms with Crippen molar-refractivity contribution in [1.82, 2.24) is 14.5 Å². The summed E-state index contributed by atoms with van der Waals surface area (Å²) >= 11 is 4.99. The highest BCUT2D eigenvalue weighted by atomic mass is 79.9. The molecule has 4 aromatic rings. The Bertz CT molecular complexity index is 1240. The molecule has 0 spiro atoms. The zero-order valence-electron chi connectivity index (χ0n) is 15.2. The summed E-state index contributed by atoms with van der Waals surface area (Å²) in [7, 11) is 0. The summed E-state index contributed by atoms with van der Waals surface area (Å²) in [6.07, 6.45) is 3.00. The van der Waals surface area contributed by atoms with E-state index in [0.717, 1.165) is 17.0 Å². The Kier molecular flexibility index (Phi) is 5.42. The number of nitrogens with zero attached hydrogens (tertiary/aromatic N) is 3. The van der Waals surface area contributed by atoms with Crippen molar-refractivity contribution in [3.05, 3.63) is 85.1 Å². The van der Waals surface area contributed by atoms with Gasteiger partial charge < -0.3 is 5.32 Å². The third-order valence-corrected chi connectivity index (χ3v) is 6.08. The van der Waals surface area contributed by atoms with Gasteiger partial charge in [0.1, 0.15) is 11.2 Å². The number of nitrogens with one attached hydrogen (secondary N) is 1. The molecule has 3 heterocycles. The van der Waals surface area contributed by atoms with Crippen molar-refractivity contribution in [1.29, 1.82) is 0 Å². The van der Waals surface area contributed by atoms with E-state index in [0.29, 0.717) is 33.3 Å². The van der Waals surface area contributed by atoms with Crippen molar-refractivity contribution in [2.45, 2.75) is 19.5 Å². The summed E-state index contributed by atoms with van der Waals surface area (Å²) in [6.45, 7) is 2.25. The van der Waals surface area contributed by atoms with Gasteiger partial charge in [-0.25, -0.2) is 18.7 Å². The molecule has 0 radical (unpaired) electrons. The van der Waals surface area contributed by atoms with Crippen LogP contribution in [-0.4, -0.2) is 14.5 Å². The second-order valence-electron chi connectivity index (χ2n) is 6.42. The quantitative estimate of drug-likeness (QED) is 0.434. The first kappa shape index (κ1) is 19.7. The molecule has 1 aromatic carbocycles. The van der Waals surface area contributed by atoms with Gasteiger partial charge in [0, 0.05) is 11.1 Å². The van der Waals surface area contributed by atoms with E-state index in [1.165, 1.54) is 17.0 Å². The van der Waals surface area contributed by atoms with Gasteiger partial charge in [-0.1, -0.05) is 12.1 Å². The number of benzene rings is 1. The molecule has 5 nitrogen and oxygen atoms in total. The molecule has 4 rings (SSSR count). The van der Waals surface area contributed by atoms with Gasteiger partial charge in [0.2, 0.25) is 0 Å². The van der Waals surface area contributed by atoms with Crippen molar-refractivity contribution in [3.63, 3.8) is 0 Å². The molecular formula is C20H15BrF2N4OS. The zero-order valence-corrected chi connectivity index (χ0v) is 17.6. The van der Waals surface area contributed by atoms with Crippen LogP contribution in [0.4, 0.5) is 14.6 Å². The lowest BCUT2D eigenvalue weighted by Crippen LogP contribution is -2.25. The Morgan fingerprint density at radius 2 is 2.07 bits per heavy atom. The number of hydrogen-bond acceptors (Lipinski definition) is 5. The Hall–Kier alpha value is -2.65. The second-order valence-corrected chi connectivity index (χ2v) is 8.30. The predicted octanol–water partition coefficient (Wildman–Crippen LogP) is 5.12. The first-order valence-electron chi connectivity index (χ1n) is 8.72. The molecule has 0 amide bonds. The van der Waals surface area contributed by atoms with Gasteiger partial charge in [-0.05, 0) is 52.0 Å². The minimum Gasteiger partial charge on any atom is -0.364 e. The van der Waals surface area contributed by atoms with Gasteiger partial charge in [-0.15, -0.1) is 11.3 Å². The zero-order chi connectivity index (χ0) is 20.5. The maximum absolute atomic E-state index is 13.7. The minimum absolute atomic E-state index is 0.324. The highest BCUT2D eigenvalue weighted by Gasteiger charge is 2.18. The van der Waals surface area contributed by atoms with Crippen LogP contribution < -0.4 is 10.9 Å². The number of anilines is 1. The largest absolute Gasteiger partial charge is 0.364 e. The number of aromatic nitrogens is 3. The number of rotatable bonds is 5. The molecule has 0 unspecified atom stereocenters. The fraction of sp³-hybridized carbons (Fsp3) is 0.150. The number of fused-ring (bicyclic) bond motifs is 1. The average Bonchev–Trinajstić information content (AvgIpc) is 3.23. The van der Waals surface area contributed by atoms with E-state index in [1.54, 1.807) is 24.5 Å². The van der Waals surface area contributed by atoms with Crippen LogP contribution in [0.25, 0.3) is 10.9 Å². The highest BCUT2D eigenvalue weighted by molar-refractivity contribution is 9.10. The van der Waals surface area contributed by atoms with Crippen molar-refractivity contribution in [3.8, 4) is 0 Å². The number of halogens is 3. The second kappa shape index (κ2) is 8.00. The van der Waals surface area contributed by atoms with Crippen LogP contribution in [0.2, 0.25) is 0 Å². The summed E-state index contributed by atoms with van der Waals surface area (Å²) < 4.78 is 28.9. The number of thiophene rings is 1. The molecule has 148 valence electrons. The Balaban J connectivity index is 1.79. The number of hydrogen-bond donors (Lipinski definition) is 1. The molecular weight excluding hydrogens is 462 g/mol. The van der Waals surface area contributed by atoms with Crippen LogP contribution >= 0.6 is 27.3 Å². The van der Waals surface area contributed by atoms with Crippen molar-refractivity contribution >= 4 is 44.0 Å². The van der Waals surface area contributed by atoms with Gasteiger partial charge in [0.05, 0.1) is 28.9 Å². The van der Waals surface area contributed by atoms with Crippen molar-refractivity contribution < 1.29 is 8.78 Å². The molecule has 0 saturated heterocycles. The lowest BCUT2D eigenvalue weighted by Gasteiger charge is -2.17. The summed E-state index contributed by atoms with van der Waals surface area (Å²) in [5, 5.41) is 5.50. The van der Waals surface area contributed by atoms with Crippen molar-refractivity contribution in [2.24, 2.45) is 0 Å². The fourth-order valence-electron chi connectivity index (χ4n) is 3.04. The average molecular weight is 477 g/mol. The van der Waals surface area contributed by atoms with Gasteiger partial charge in [0.25, 0.3) is 5.56 Å². The first-order valence-corrected chi connectivity index (χ1v) is 10.4. The summed E-state index contributed by atoms with van der Waals surface area (Å²) in [5.74, 6) is -1.47. The standard InChI is InChI=1S/C20H15BrF2N4OS/c1-11(12-4-5-15(22)16(23)7-12)27-10-26-18-14(21)9-25-19(17(18)20(27)28)24-8-13-3-2-6-29-13/h2-7,9-11H,8H2,1H3,(H,24,25)/t11-/m0/s1. The number of pyridine rings is 1. The topological polar surface area (TPSA) is 59.8 Å². The molecule has 0 fully saturated rings. The normalized spacial score (nSPS) is 12.3. The smallest absolute Gasteiger partial charge is 0.265 e. The molecule has 29 heavy (non-hydrogen) atoms. The molecule has 0 aliphatic carbocycles. The summed E-state index contributed by atoms with van der Waals surface area (Å²) in [5.41, 5.74) is 0.616. The molecule has 0 aliphatic rings. The molecule has 0 bridgehead atoms. The van der Waals surface area contributed by atoms with Crippen LogP contribution in [0.3, 0.4) is 0 Å². The van der Waals surface area contributed by atoms with Gasteiger partial charge >= 0.3 is 0 Å². The molecule has 9 heteroatoms. The van der Waals surface area contributed by atoms with E-state index in [2.05, 4.69) is 31.2 Å². The van der Waals surface area contributed by atoms with E-state index in [9.17, 15) is 13.6 Å². The minimum atomic E-state index is -0.959. The van der Waals surface area contributed by atoms with Crippen LogP contribution in [0.15, 0.2) is 57.5 Å². The van der Waals surface area contributed by atoms with Gasteiger partial charge in [-0.2, -0.15) is 0 Å². The first-order chi connectivity index (χ1) is 14.0. The SMILES string of the molecule is C[C@@H](c1ccc(F)c(F)c1)n1cnc2c(Br)cnc(NCc3cccs3)c2c1=O. The monoisotopic (exact) mass is 476 g/mol. The van der Waals surface area contributed by atoms with E-state index >= 15 is 0 Å². The molecule has 3 aromatic heterocycles. The predicted molar refractivity (Wildman–Crippen MR) is 113 cm³/mol. The highest BCUT2D eigenvalue weighted by Crippen LogP contribution is 2.26. The van der Waals surface area contributed by atoms with Crippen molar-refractivity contribution in [2.75, 3.05) is 5.32 Å². The fourth-order valence-corrected chi connectivity index (χ4v) is 4.08. The molecule has 0 saturated carbocycles. The van der Waals surface area contributed by atoms with E-state index < -0.39 is 17.7 Å². The van der Waals surface area contributed by atoms with E-state index in [1.807, 2.05) is 17.5 Å². The molecule has 1 N–H and O–H groups in total. The van der Waals surface area contributed by atoms with Crippen LogP contribution in [0.1, 0.15) is 23.4 Å². The molecule has 0 aliphatic heterocycles. The Morgan fingerprint density at radius 3 is 2.79 bits per heavy atom. The van der Waals surface area contributed by atoms with Gasteiger partial charge in [-0.3, -0.25) is 9.36 Å². The van der Waals surface area contributed by atoms with E-state index in [4.69, 9.17) is 0 Å². The Labute approximate surface area is 177 Å². The lowest BCUT2D eigenvalue weighted by molar-refractivity contribution is 0.502. The third kappa shape index (κ3) is 3.79.